The molecule has 0 bridgehead atoms. The van der Waals surface area contributed by atoms with Gasteiger partial charge in [-0.05, 0) is 29.3 Å². The number of carbonyl (C=O) groups excluding carboxylic acids is 1. The number of carbonyl (C=O) groups is 1. The maximum atomic E-state index is 11.9. The summed E-state index contributed by atoms with van der Waals surface area (Å²) in [7, 11) is -3.37. The van der Waals surface area contributed by atoms with Crippen LogP contribution < -0.4 is 0 Å². The van der Waals surface area contributed by atoms with Crippen LogP contribution in [-0.4, -0.2) is 37.7 Å². The minimum Gasteiger partial charge on any atom is -0.467 e. The van der Waals surface area contributed by atoms with Crippen molar-refractivity contribution >= 4 is 27.2 Å². The fraction of sp³-hybridized carbons (Fsp3) is 0.167. The predicted octanol–water partition coefficient (Wildman–Crippen LogP) is 2.34. The molecule has 2 aromatic heterocycles. The quantitative estimate of drug-likeness (QED) is 0.630. The van der Waals surface area contributed by atoms with Gasteiger partial charge < -0.3 is 4.74 Å². The minimum atomic E-state index is -3.37. The van der Waals surface area contributed by atoms with Gasteiger partial charge in [0.2, 0.25) is 0 Å². The number of rotatable bonds is 6. The zero-order chi connectivity index (χ0) is 17.9. The lowest BCUT2D eigenvalue weighted by Crippen LogP contribution is -2.10. The Morgan fingerprint density at radius 3 is 2.68 bits per heavy atom. The Labute approximate surface area is 145 Å². The molecule has 1 unspecified atom stereocenters. The summed E-state index contributed by atoms with van der Waals surface area (Å²) in [6, 6.07) is 10.6. The van der Waals surface area contributed by atoms with Crippen molar-refractivity contribution < 1.29 is 17.9 Å². The molecule has 0 radical (unpaired) electrons. The molecule has 0 saturated carbocycles. The van der Waals surface area contributed by atoms with Crippen molar-refractivity contribution in [2.75, 3.05) is 12.9 Å². The average molecular weight is 356 g/mol. The van der Waals surface area contributed by atoms with E-state index in [9.17, 15) is 13.2 Å². The van der Waals surface area contributed by atoms with Gasteiger partial charge in [0.05, 0.1) is 10.4 Å². The van der Waals surface area contributed by atoms with Crippen molar-refractivity contribution in [3.8, 4) is 0 Å². The van der Waals surface area contributed by atoms with Gasteiger partial charge in [0.25, 0.3) is 6.47 Å². The Morgan fingerprint density at radius 2 is 2.00 bits per heavy atom. The number of ether oxygens (including phenoxy) is 1. The van der Waals surface area contributed by atoms with Crippen LogP contribution >= 0.6 is 0 Å². The number of pyridine rings is 2. The average Bonchev–Trinajstić information content (AvgIpc) is 2.61. The molecule has 0 amide bonds. The van der Waals surface area contributed by atoms with E-state index in [1.165, 1.54) is 0 Å². The molecule has 128 valence electrons. The summed E-state index contributed by atoms with van der Waals surface area (Å²) in [6.45, 7) is 0.549. The van der Waals surface area contributed by atoms with Gasteiger partial charge in [0, 0.05) is 36.2 Å². The van der Waals surface area contributed by atoms with Crippen molar-refractivity contribution in [2.24, 2.45) is 0 Å². The molecule has 25 heavy (non-hydrogen) atoms. The van der Waals surface area contributed by atoms with Gasteiger partial charge in [-0.2, -0.15) is 0 Å². The molecule has 1 atom stereocenters. The molecule has 0 aliphatic heterocycles. The van der Waals surface area contributed by atoms with Crippen molar-refractivity contribution in [1.82, 2.24) is 9.97 Å². The van der Waals surface area contributed by atoms with E-state index in [2.05, 4.69) is 9.97 Å². The van der Waals surface area contributed by atoms with Gasteiger partial charge in [0.1, 0.15) is 6.61 Å². The third-order valence-electron chi connectivity index (χ3n) is 3.91. The van der Waals surface area contributed by atoms with E-state index in [1.54, 1.807) is 42.9 Å². The van der Waals surface area contributed by atoms with Crippen molar-refractivity contribution in [1.29, 1.82) is 0 Å². The molecule has 2 heterocycles. The zero-order valence-corrected chi connectivity index (χ0v) is 14.3. The van der Waals surface area contributed by atoms with Crippen molar-refractivity contribution in [3.05, 3.63) is 66.1 Å². The van der Waals surface area contributed by atoms with Crippen LogP contribution in [0.25, 0.3) is 10.9 Å². The van der Waals surface area contributed by atoms with Crippen LogP contribution in [0.1, 0.15) is 17.0 Å². The normalized spacial score (nSPS) is 12.7. The fourth-order valence-corrected chi connectivity index (χ4v) is 3.59. The zero-order valence-electron chi connectivity index (χ0n) is 13.5. The molecule has 6 nitrogen and oxygen atoms in total. The number of aromatic nitrogens is 2. The molecule has 0 spiro atoms. The van der Waals surface area contributed by atoms with E-state index >= 15 is 0 Å². The Bertz CT molecular complexity index is 1000. The van der Waals surface area contributed by atoms with Crippen LogP contribution in [0.5, 0.6) is 0 Å². The SMILES string of the molecule is CS(=O)(=O)c1cccc2cc(C(COC=O)c3cccnc3)cnc12. The second-order valence-corrected chi connectivity index (χ2v) is 7.62. The van der Waals surface area contributed by atoms with Gasteiger partial charge in [-0.25, -0.2) is 8.42 Å². The van der Waals surface area contributed by atoms with Gasteiger partial charge >= 0.3 is 0 Å². The van der Waals surface area contributed by atoms with Gasteiger partial charge in [-0.15, -0.1) is 0 Å². The summed E-state index contributed by atoms with van der Waals surface area (Å²) in [5.74, 6) is -0.238. The molecule has 1 aromatic carbocycles. The molecule has 0 aliphatic rings. The van der Waals surface area contributed by atoms with Gasteiger partial charge in [0.15, 0.2) is 9.84 Å². The molecule has 3 aromatic rings. The van der Waals surface area contributed by atoms with Crippen LogP contribution in [0.15, 0.2) is 59.9 Å². The van der Waals surface area contributed by atoms with Gasteiger partial charge in [-0.1, -0.05) is 18.2 Å². The summed E-state index contributed by atoms with van der Waals surface area (Å²) >= 11 is 0. The third kappa shape index (κ3) is 3.66. The first kappa shape index (κ1) is 17.0. The Kier molecular flexibility index (Phi) is 4.76. The van der Waals surface area contributed by atoms with E-state index in [1.807, 2.05) is 12.1 Å². The summed E-state index contributed by atoms with van der Waals surface area (Å²) in [6.07, 6.45) is 6.14. The number of benzene rings is 1. The number of hydrogen-bond acceptors (Lipinski definition) is 6. The molecule has 0 fully saturated rings. The Morgan fingerprint density at radius 1 is 1.16 bits per heavy atom. The first-order valence-corrected chi connectivity index (χ1v) is 9.44. The molecule has 7 heteroatoms. The summed E-state index contributed by atoms with van der Waals surface area (Å²) in [5, 5.41) is 0.709. The standard InChI is InChI=1S/C18H16N2O4S/c1-25(22,23)17-6-2-4-13-8-15(10-20-18(13)17)16(11-24-12-21)14-5-3-7-19-9-14/h2-10,12,16H,11H2,1H3. The van der Waals surface area contributed by atoms with Crippen LogP contribution in [0.3, 0.4) is 0 Å². The van der Waals surface area contributed by atoms with Crippen molar-refractivity contribution in [2.45, 2.75) is 10.8 Å². The Balaban J connectivity index is 2.11. The third-order valence-corrected chi connectivity index (χ3v) is 5.04. The smallest absolute Gasteiger partial charge is 0.293 e. The van der Waals surface area contributed by atoms with E-state index < -0.39 is 9.84 Å². The molecule has 0 N–H and O–H groups in total. The molecule has 3 rings (SSSR count). The maximum absolute atomic E-state index is 11.9. The number of nitrogens with zero attached hydrogens (tertiary/aromatic N) is 2. The largest absolute Gasteiger partial charge is 0.467 e. The molecule has 0 saturated heterocycles. The topological polar surface area (TPSA) is 86.2 Å². The first-order chi connectivity index (χ1) is 12.0. The number of sulfone groups is 1. The number of para-hydroxylation sites is 1. The predicted molar refractivity (Wildman–Crippen MR) is 92.9 cm³/mol. The van der Waals surface area contributed by atoms with Crippen LogP contribution in [0.2, 0.25) is 0 Å². The van der Waals surface area contributed by atoms with E-state index in [-0.39, 0.29) is 17.4 Å². The van der Waals surface area contributed by atoms with Crippen molar-refractivity contribution in [3.63, 3.8) is 0 Å². The van der Waals surface area contributed by atoms with E-state index in [0.717, 1.165) is 17.4 Å². The van der Waals surface area contributed by atoms with Gasteiger partial charge in [-0.3, -0.25) is 14.8 Å². The van der Waals surface area contributed by atoms with E-state index in [4.69, 9.17) is 4.74 Å². The lowest BCUT2D eigenvalue weighted by Gasteiger charge is -2.17. The second-order valence-electron chi connectivity index (χ2n) is 5.64. The van der Waals surface area contributed by atoms with Crippen LogP contribution in [0.4, 0.5) is 0 Å². The second kappa shape index (κ2) is 6.98. The fourth-order valence-electron chi connectivity index (χ4n) is 2.74. The van der Waals surface area contributed by atoms with Crippen LogP contribution in [-0.2, 0) is 19.4 Å². The highest BCUT2D eigenvalue weighted by Crippen LogP contribution is 2.28. The molecular weight excluding hydrogens is 340 g/mol. The highest BCUT2D eigenvalue weighted by Gasteiger charge is 2.18. The Hall–Kier alpha value is -2.80. The minimum absolute atomic E-state index is 0.147. The maximum Gasteiger partial charge on any atom is 0.293 e. The summed E-state index contributed by atoms with van der Waals surface area (Å²) in [5.41, 5.74) is 2.12. The number of hydrogen-bond donors (Lipinski definition) is 0. The molecular formula is C18H16N2O4S. The summed E-state index contributed by atoms with van der Waals surface area (Å²) < 4.78 is 28.8. The summed E-state index contributed by atoms with van der Waals surface area (Å²) in [4.78, 5) is 19.3. The van der Waals surface area contributed by atoms with E-state index in [0.29, 0.717) is 17.4 Å². The molecule has 0 aliphatic carbocycles. The number of fused-ring (bicyclic) bond motifs is 1. The highest BCUT2D eigenvalue weighted by molar-refractivity contribution is 7.91. The van der Waals surface area contributed by atoms with Crippen LogP contribution in [0, 0.1) is 0 Å². The first-order valence-electron chi connectivity index (χ1n) is 7.54. The lowest BCUT2D eigenvalue weighted by atomic mass is 9.93. The monoisotopic (exact) mass is 356 g/mol. The lowest BCUT2D eigenvalue weighted by molar-refractivity contribution is -0.128. The highest BCUT2D eigenvalue weighted by atomic mass is 32.2.